The van der Waals surface area contributed by atoms with Gasteiger partial charge in [0.05, 0.1) is 5.02 Å². The van der Waals surface area contributed by atoms with E-state index in [1.807, 2.05) is 6.08 Å². The van der Waals surface area contributed by atoms with E-state index >= 15 is 0 Å². The van der Waals surface area contributed by atoms with Gasteiger partial charge in [-0.25, -0.2) is 0 Å². The maximum absolute atomic E-state index is 12.2. The third-order valence-electron chi connectivity index (χ3n) is 3.70. The summed E-state index contributed by atoms with van der Waals surface area (Å²) >= 11 is 12.1. The maximum atomic E-state index is 12.2. The number of H-pyrrole nitrogens is 1. The van der Waals surface area contributed by atoms with Gasteiger partial charge in [-0.05, 0) is 51.8 Å². The van der Waals surface area contributed by atoms with Crippen molar-refractivity contribution in [2.24, 2.45) is 0 Å². The van der Waals surface area contributed by atoms with E-state index in [4.69, 9.17) is 23.2 Å². The number of allylic oxidation sites excluding steroid dienone is 3. The second kappa shape index (κ2) is 8.41. The molecular weight excluding hydrogens is 343 g/mol. The number of hydrogen-bond donors (Lipinski definition) is 2. The minimum atomic E-state index is -0.160. The van der Waals surface area contributed by atoms with Gasteiger partial charge in [-0.15, -0.1) is 0 Å². The Kier molecular flexibility index (Phi) is 6.52. The number of amides is 1. The van der Waals surface area contributed by atoms with Gasteiger partial charge in [0.2, 0.25) is 0 Å². The average molecular weight is 365 g/mol. The first-order valence-electron chi connectivity index (χ1n) is 7.92. The first kappa shape index (κ1) is 18.6. The molecule has 0 atom stereocenters. The van der Waals surface area contributed by atoms with Crippen LogP contribution in [0.2, 0.25) is 10.0 Å². The number of hydrogen-bond acceptors (Lipinski definition) is 1. The van der Waals surface area contributed by atoms with Crippen LogP contribution in [0.3, 0.4) is 0 Å². The highest BCUT2D eigenvalue weighted by atomic mass is 35.5. The molecule has 5 heteroatoms. The van der Waals surface area contributed by atoms with Crippen molar-refractivity contribution in [2.75, 3.05) is 6.54 Å². The maximum Gasteiger partial charge on any atom is 0.267 e. The third kappa shape index (κ3) is 5.15. The topological polar surface area (TPSA) is 44.9 Å². The van der Waals surface area contributed by atoms with E-state index in [0.29, 0.717) is 22.3 Å². The van der Waals surface area contributed by atoms with Gasteiger partial charge in [0, 0.05) is 22.5 Å². The Morgan fingerprint density at radius 2 is 1.92 bits per heavy atom. The summed E-state index contributed by atoms with van der Waals surface area (Å²) in [5.74, 6) is -0.160. The van der Waals surface area contributed by atoms with Crippen LogP contribution in [0.1, 0.15) is 44.1 Å². The molecule has 0 saturated carbocycles. The van der Waals surface area contributed by atoms with Crippen molar-refractivity contribution in [3.8, 4) is 0 Å². The van der Waals surface area contributed by atoms with E-state index in [9.17, 15) is 4.79 Å². The summed E-state index contributed by atoms with van der Waals surface area (Å²) in [6.45, 7) is 6.77. The van der Waals surface area contributed by atoms with Gasteiger partial charge >= 0.3 is 0 Å². The van der Waals surface area contributed by atoms with Gasteiger partial charge in [0.25, 0.3) is 5.91 Å². The number of fused-ring (bicyclic) bond motifs is 1. The Morgan fingerprint density at radius 3 is 2.62 bits per heavy atom. The van der Waals surface area contributed by atoms with Crippen molar-refractivity contribution in [1.29, 1.82) is 0 Å². The molecule has 0 saturated heterocycles. The molecule has 0 radical (unpaired) electrons. The van der Waals surface area contributed by atoms with Crippen molar-refractivity contribution in [3.05, 3.63) is 57.2 Å². The summed E-state index contributed by atoms with van der Waals surface area (Å²) in [6.07, 6.45) is 6.29. The SMILES string of the molecule is CC(C)=CCC/C(C)=C/CNC(=O)c1cc2c(Cl)cc(Cl)cc2[nH]1. The first-order valence-corrected chi connectivity index (χ1v) is 8.67. The third-order valence-corrected chi connectivity index (χ3v) is 4.23. The number of benzene rings is 1. The number of halogens is 2. The highest BCUT2D eigenvalue weighted by molar-refractivity contribution is 6.38. The summed E-state index contributed by atoms with van der Waals surface area (Å²) in [4.78, 5) is 15.3. The molecule has 1 aromatic carbocycles. The van der Waals surface area contributed by atoms with Crippen LogP contribution in [0, 0.1) is 0 Å². The highest BCUT2D eigenvalue weighted by Gasteiger charge is 2.11. The molecule has 0 bridgehead atoms. The number of nitrogens with one attached hydrogen (secondary N) is 2. The van der Waals surface area contributed by atoms with E-state index < -0.39 is 0 Å². The Bertz CT molecular complexity index is 799. The lowest BCUT2D eigenvalue weighted by Crippen LogP contribution is -2.23. The van der Waals surface area contributed by atoms with Crippen LogP contribution in [0.5, 0.6) is 0 Å². The monoisotopic (exact) mass is 364 g/mol. The molecule has 24 heavy (non-hydrogen) atoms. The van der Waals surface area contributed by atoms with Crippen molar-refractivity contribution >= 4 is 40.0 Å². The Morgan fingerprint density at radius 1 is 1.17 bits per heavy atom. The molecule has 0 fully saturated rings. The van der Waals surface area contributed by atoms with Gasteiger partial charge in [0.1, 0.15) is 5.69 Å². The van der Waals surface area contributed by atoms with Crippen LogP contribution >= 0.6 is 23.2 Å². The molecule has 0 aliphatic heterocycles. The van der Waals surface area contributed by atoms with E-state index in [1.165, 1.54) is 11.1 Å². The number of rotatable bonds is 6. The van der Waals surface area contributed by atoms with E-state index in [0.717, 1.165) is 23.7 Å². The predicted octanol–water partition coefficient (Wildman–Crippen LogP) is 5.90. The van der Waals surface area contributed by atoms with E-state index in [2.05, 4.69) is 37.1 Å². The minimum absolute atomic E-state index is 0.160. The smallest absolute Gasteiger partial charge is 0.267 e. The molecule has 0 aliphatic carbocycles. The lowest BCUT2D eigenvalue weighted by Gasteiger charge is -2.02. The summed E-state index contributed by atoms with van der Waals surface area (Å²) in [5.41, 5.74) is 3.82. The van der Waals surface area contributed by atoms with Crippen LogP contribution in [0.4, 0.5) is 0 Å². The van der Waals surface area contributed by atoms with Crippen LogP contribution < -0.4 is 5.32 Å². The zero-order valence-corrected chi connectivity index (χ0v) is 15.7. The number of aromatic nitrogens is 1. The molecule has 1 aromatic heterocycles. The summed E-state index contributed by atoms with van der Waals surface area (Å²) in [5, 5.41) is 4.75. The van der Waals surface area contributed by atoms with Crippen molar-refractivity contribution in [3.63, 3.8) is 0 Å². The molecule has 128 valence electrons. The lowest BCUT2D eigenvalue weighted by atomic mass is 10.1. The fraction of sp³-hybridized carbons (Fsp3) is 0.316. The summed E-state index contributed by atoms with van der Waals surface area (Å²) < 4.78 is 0. The molecule has 0 aliphatic rings. The van der Waals surface area contributed by atoms with Crippen molar-refractivity contribution < 1.29 is 4.79 Å². The van der Waals surface area contributed by atoms with E-state index in [1.54, 1.807) is 18.2 Å². The van der Waals surface area contributed by atoms with Crippen LogP contribution in [0.15, 0.2) is 41.5 Å². The number of aromatic amines is 1. The molecule has 2 N–H and O–H groups in total. The largest absolute Gasteiger partial charge is 0.350 e. The fourth-order valence-corrected chi connectivity index (χ4v) is 2.93. The quantitative estimate of drug-likeness (QED) is 0.615. The van der Waals surface area contributed by atoms with E-state index in [-0.39, 0.29) is 5.91 Å². The fourth-order valence-electron chi connectivity index (χ4n) is 2.39. The molecule has 3 nitrogen and oxygen atoms in total. The van der Waals surface area contributed by atoms with Crippen LogP contribution in [-0.4, -0.2) is 17.4 Å². The number of carbonyl (C=O) groups is 1. The zero-order chi connectivity index (χ0) is 17.7. The predicted molar refractivity (Wildman–Crippen MR) is 103 cm³/mol. The van der Waals surface area contributed by atoms with Gasteiger partial charge < -0.3 is 10.3 Å². The first-order chi connectivity index (χ1) is 11.4. The average Bonchev–Trinajstić information content (AvgIpc) is 2.91. The molecular formula is C19H22Cl2N2O. The Balaban J connectivity index is 1.95. The molecule has 1 heterocycles. The molecule has 2 aromatic rings. The Labute approximate surface area is 152 Å². The van der Waals surface area contributed by atoms with Crippen LogP contribution in [0.25, 0.3) is 10.9 Å². The van der Waals surface area contributed by atoms with Gasteiger partial charge in [-0.1, -0.05) is 46.5 Å². The van der Waals surface area contributed by atoms with Gasteiger partial charge in [-0.2, -0.15) is 0 Å². The Hall–Kier alpha value is -1.71. The van der Waals surface area contributed by atoms with Crippen LogP contribution in [-0.2, 0) is 0 Å². The summed E-state index contributed by atoms with van der Waals surface area (Å²) in [6, 6.07) is 5.17. The molecule has 2 rings (SSSR count). The van der Waals surface area contributed by atoms with Crippen molar-refractivity contribution in [2.45, 2.75) is 33.6 Å². The number of carbonyl (C=O) groups excluding carboxylic acids is 1. The second-order valence-corrected chi connectivity index (χ2v) is 6.96. The molecule has 0 unspecified atom stereocenters. The summed E-state index contributed by atoms with van der Waals surface area (Å²) in [7, 11) is 0. The standard InChI is InChI=1S/C19H22Cl2N2O/c1-12(2)5-4-6-13(3)7-8-22-19(24)18-11-15-16(21)9-14(20)10-17(15)23-18/h5,7,9-11,23H,4,6,8H2,1-3H3,(H,22,24)/b13-7+. The zero-order valence-electron chi connectivity index (χ0n) is 14.2. The molecule has 1 amide bonds. The lowest BCUT2D eigenvalue weighted by molar-refractivity contribution is 0.0954. The molecule has 0 spiro atoms. The normalized spacial score (nSPS) is 11.6. The minimum Gasteiger partial charge on any atom is -0.350 e. The van der Waals surface area contributed by atoms with Gasteiger partial charge in [-0.3, -0.25) is 4.79 Å². The highest BCUT2D eigenvalue weighted by Crippen LogP contribution is 2.28. The van der Waals surface area contributed by atoms with Crippen molar-refractivity contribution in [1.82, 2.24) is 10.3 Å². The van der Waals surface area contributed by atoms with Gasteiger partial charge in [0.15, 0.2) is 0 Å². The second-order valence-electron chi connectivity index (χ2n) is 6.11.